The summed E-state index contributed by atoms with van der Waals surface area (Å²) in [5, 5.41) is 9.64. The van der Waals surface area contributed by atoms with Crippen LogP contribution in [0.3, 0.4) is 0 Å². The first-order chi connectivity index (χ1) is 10.6. The fourth-order valence-electron chi connectivity index (χ4n) is 2.55. The summed E-state index contributed by atoms with van der Waals surface area (Å²) in [5.41, 5.74) is 5.50. The number of carbonyl (C=O) groups excluding carboxylic acids is 1. The number of rotatable bonds is 12. The van der Waals surface area contributed by atoms with Crippen molar-refractivity contribution in [1.82, 2.24) is 16.0 Å². The first-order valence-electron chi connectivity index (χ1n) is 8.88. The molecule has 0 aromatic rings. The molecule has 1 amide bonds. The van der Waals surface area contributed by atoms with Gasteiger partial charge in [-0.15, -0.1) is 0 Å². The number of hydrogen-bond donors (Lipinski definition) is 4. The van der Waals surface area contributed by atoms with Crippen LogP contribution in [0.15, 0.2) is 12.4 Å². The van der Waals surface area contributed by atoms with E-state index in [1.807, 2.05) is 0 Å². The van der Waals surface area contributed by atoms with Gasteiger partial charge in [0.25, 0.3) is 0 Å². The number of nitrogens with two attached hydrogens (primary N) is 1. The average Bonchev–Trinajstić information content (AvgIpc) is 2.39. The van der Waals surface area contributed by atoms with Crippen LogP contribution in [0.1, 0.15) is 60.8 Å². The first-order valence-corrected chi connectivity index (χ1v) is 8.88. The van der Waals surface area contributed by atoms with E-state index in [-0.39, 0.29) is 18.0 Å². The topological polar surface area (TPSA) is 79.2 Å². The molecule has 0 aliphatic heterocycles. The summed E-state index contributed by atoms with van der Waals surface area (Å²) in [4.78, 5) is 12.6. The molecule has 0 bridgehead atoms. The predicted octanol–water partition coefficient (Wildman–Crippen LogP) is 2.34. The third-order valence-corrected chi connectivity index (χ3v) is 3.73. The zero-order valence-electron chi connectivity index (χ0n) is 15.9. The van der Waals surface area contributed by atoms with Crippen molar-refractivity contribution in [3.63, 3.8) is 0 Å². The van der Waals surface area contributed by atoms with Crippen LogP contribution in [0, 0.1) is 11.8 Å². The molecule has 0 aliphatic rings. The van der Waals surface area contributed by atoms with Crippen molar-refractivity contribution in [2.24, 2.45) is 17.6 Å². The molecule has 0 aromatic carbocycles. The standard InChI is InChI=1S/C18H38N4O/c1-12(2)11-17(21-14(5)6)18(23)22-16(13(3)4)9-8-10-20-15(7)19/h12-14,16-17,20-21H,7-11,19H2,1-6H3,(H,22,23). The summed E-state index contributed by atoms with van der Waals surface area (Å²) >= 11 is 0. The fourth-order valence-corrected chi connectivity index (χ4v) is 2.55. The minimum absolute atomic E-state index is 0.113. The first kappa shape index (κ1) is 21.8. The Morgan fingerprint density at radius 1 is 1.13 bits per heavy atom. The zero-order chi connectivity index (χ0) is 18.0. The lowest BCUT2D eigenvalue weighted by Gasteiger charge is -2.28. The predicted molar refractivity (Wildman–Crippen MR) is 98.8 cm³/mol. The van der Waals surface area contributed by atoms with Gasteiger partial charge in [0.2, 0.25) is 5.91 Å². The highest BCUT2D eigenvalue weighted by molar-refractivity contribution is 5.82. The van der Waals surface area contributed by atoms with Gasteiger partial charge in [0.1, 0.15) is 0 Å². The third kappa shape index (κ3) is 11.0. The molecular formula is C18H38N4O. The number of carbonyl (C=O) groups is 1. The van der Waals surface area contributed by atoms with E-state index in [9.17, 15) is 4.79 Å². The summed E-state index contributed by atoms with van der Waals surface area (Å²) in [7, 11) is 0. The minimum Gasteiger partial charge on any atom is -0.386 e. The average molecular weight is 327 g/mol. The van der Waals surface area contributed by atoms with Gasteiger partial charge in [-0.05, 0) is 31.1 Å². The van der Waals surface area contributed by atoms with Gasteiger partial charge in [0.05, 0.1) is 11.9 Å². The van der Waals surface area contributed by atoms with E-state index in [1.165, 1.54) is 0 Å². The Balaban J connectivity index is 4.56. The molecule has 2 unspecified atom stereocenters. The molecule has 0 radical (unpaired) electrons. The van der Waals surface area contributed by atoms with Crippen molar-refractivity contribution in [1.29, 1.82) is 0 Å². The fraction of sp³-hybridized carbons (Fsp3) is 0.833. The van der Waals surface area contributed by atoms with E-state index in [2.05, 4.69) is 64.1 Å². The Morgan fingerprint density at radius 2 is 1.74 bits per heavy atom. The zero-order valence-corrected chi connectivity index (χ0v) is 15.9. The number of amides is 1. The lowest BCUT2D eigenvalue weighted by atomic mass is 9.97. The van der Waals surface area contributed by atoms with Gasteiger partial charge in [-0.2, -0.15) is 0 Å². The summed E-state index contributed by atoms with van der Waals surface area (Å²) < 4.78 is 0. The van der Waals surface area contributed by atoms with Crippen LogP contribution in [-0.2, 0) is 4.79 Å². The second-order valence-electron chi connectivity index (χ2n) is 7.46. The highest BCUT2D eigenvalue weighted by atomic mass is 16.2. The molecular weight excluding hydrogens is 288 g/mol. The third-order valence-electron chi connectivity index (χ3n) is 3.73. The van der Waals surface area contributed by atoms with E-state index in [0.717, 1.165) is 25.8 Å². The summed E-state index contributed by atoms with van der Waals surface area (Å²) in [6, 6.07) is 0.346. The van der Waals surface area contributed by atoms with Crippen molar-refractivity contribution < 1.29 is 4.79 Å². The van der Waals surface area contributed by atoms with Gasteiger partial charge < -0.3 is 21.7 Å². The summed E-state index contributed by atoms with van der Waals surface area (Å²) in [6.45, 7) is 17.1. The quantitative estimate of drug-likeness (QED) is 0.415. The Bertz CT molecular complexity index is 343. The molecule has 5 N–H and O–H groups in total. The van der Waals surface area contributed by atoms with Crippen molar-refractivity contribution in [2.45, 2.75) is 78.9 Å². The molecule has 0 aromatic heterocycles. The molecule has 0 fully saturated rings. The van der Waals surface area contributed by atoms with Crippen LogP contribution in [-0.4, -0.2) is 30.6 Å². The van der Waals surface area contributed by atoms with E-state index in [1.54, 1.807) is 0 Å². The Kier molecular flexibility index (Phi) is 10.7. The van der Waals surface area contributed by atoms with Crippen molar-refractivity contribution in [2.75, 3.05) is 6.54 Å². The van der Waals surface area contributed by atoms with E-state index >= 15 is 0 Å². The van der Waals surface area contributed by atoms with Crippen molar-refractivity contribution in [3.8, 4) is 0 Å². The lowest BCUT2D eigenvalue weighted by molar-refractivity contribution is -0.124. The number of hydrogen-bond acceptors (Lipinski definition) is 4. The molecule has 0 saturated heterocycles. The van der Waals surface area contributed by atoms with Gasteiger partial charge in [-0.25, -0.2) is 0 Å². The molecule has 0 aliphatic carbocycles. The number of nitrogens with one attached hydrogen (secondary N) is 3. The van der Waals surface area contributed by atoms with E-state index < -0.39 is 0 Å². The highest BCUT2D eigenvalue weighted by Gasteiger charge is 2.24. The van der Waals surface area contributed by atoms with Gasteiger partial charge >= 0.3 is 0 Å². The largest absolute Gasteiger partial charge is 0.386 e. The smallest absolute Gasteiger partial charge is 0.237 e. The monoisotopic (exact) mass is 326 g/mol. The van der Waals surface area contributed by atoms with Gasteiger partial charge in [0, 0.05) is 18.6 Å². The van der Waals surface area contributed by atoms with Crippen LogP contribution in [0.25, 0.3) is 0 Å². The van der Waals surface area contributed by atoms with Crippen LogP contribution >= 0.6 is 0 Å². The van der Waals surface area contributed by atoms with Crippen LogP contribution in [0.4, 0.5) is 0 Å². The Labute approximate surface area is 142 Å². The molecule has 2 atom stereocenters. The second kappa shape index (κ2) is 11.3. The summed E-state index contributed by atoms with van der Waals surface area (Å²) in [6.07, 6.45) is 2.73. The SMILES string of the molecule is C=C(N)NCCCC(NC(=O)C(CC(C)C)NC(C)C)C(C)C. The highest BCUT2D eigenvalue weighted by Crippen LogP contribution is 2.11. The lowest BCUT2D eigenvalue weighted by Crippen LogP contribution is -2.51. The van der Waals surface area contributed by atoms with Gasteiger partial charge in [-0.1, -0.05) is 48.1 Å². The maximum absolute atomic E-state index is 12.6. The van der Waals surface area contributed by atoms with Crippen LogP contribution in [0.2, 0.25) is 0 Å². The van der Waals surface area contributed by atoms with Gasteiger partial charge in [-0.3, -0.25) is 4.79 Å². The minimum atomic E-state index is -0.127. The molecule has 0 spiro atoms. The maximum atomic E-state index is 12.6. The molecule has 5 nitrogen and oxygen atoms in total. The molecule has 136 valence electrons. The molecule has 0 heterocycles. The van der Waals surface area contributed by atoms with Crippen LogP contribution < -0.4 is 21.7 Å². The molecule has 5 heteroatoms. The molecule has 23 heavy (non-hydrogen) atoms. The Hall–Kier alpha value is -1.23. The van der Waals surface area contributed by atoms with Crippen LogP contribution in [0.5, 0.6) is 0 Å². The second-order valence-corrected chi connectivity index (χ2v) is 7.46. The van der Waals surface area contributed by atoms with E-state index in [0.29, 0.717) is 23.7 Å². The van der Waals surface area contributed by atoms with Crippen molar-refractivity contribution >= 4 is 5.91 Å². The summed E-state index contributed by atoms with van der Waals surface area (Å²) in [5.74, 6) is 1.49. The molecule has 0 rings (SSSR count). The van der Waals surface area contributed by atoms with Crippen molar-refractivity contribution in [3.05, 3.63) is 12.4 Å². The van der Waals surface area contributed by atoms with Gasteiger partial charge in [0.15, 0.2) is 0 Å². The Morgan fingerprint density at radius 3 is 2.17 bits per heavy atom. The van der Waals surface area contributed by atoms with E-state index in [4.69, 9.17) is 5.73 Å². The maximum Gasteiger partial charge on any atom is 0.237 e. The normalized spacial score (nSPS) is 14.1. The molecule has 0 saturated carbocycles.